The normalized spacial score (nSPS) is 12.1. The maximum Gasteiger partial charge on any atom is 0.252 e. The molecule has 9 nitrogen and oxygen atoms in total. The number of carbonyl (C=O) groups is 1. The summed E-state index contributed by atoms with van der Waals surface area (Å²) >= 11 is 0. The number of hydrogen-bond acceptors (Lipinski definition) is 6. The fourth-order valence-electron chi connectivity index (χ4n) is 2.32. The van der Waals surface area contributed by atoms with Crippen LogP contribution in [0.3, 0.4) is 0 Å². The van der Waals surface area contributed by atoms with Crippen LogP contribution in [0, 0.1) is 13.8 Å². The molecule has 3 rings (SSSR count). The van der Waals surface area contributed by atoms with Crippen molar-refractivity contribution in [3.05, 3.63) is 47.2 Å². The van der Waals surface area contributed by atoms with Gasteiger partial charge in [-0.2, -0.15) is 10.3 Å². The largest absolute Gasteiger partial charge is 0.351 e. The van der Waals surface area contributed by atoms with Crippen LogP contribution >= 0.6 is 0 Å². The predicted octanol–water partition coefficient (Wildman–Crippen LogP) is 0.931. The second-order valence-electron chi connectivity index (χ2n) is 5.63. The van der Waals surface area contributed by atoms with Gasteiger partial charge in [0.15, 0.2) is 11.6 Å². The van der Waals surface area contributed by atoms with Gasteiger partial charge in [0, 0.05) is 24.4 Å². The van der Waals surface area contributed by atoms with E-state index in [4.69, 9.17) is 0 Å². The van der Waals surface area contributed by atoms with E-state index in [2.05, 4.69) is 36.0 Å². The van der Waals surface area contributed by atoms with Crippen molar-refractivity contribution in [2.24, 2.45) is 0 Å². The highest BCUT2D eigenvalue weighted by Gasteiger charge is 2.13. The molecule has 0 aliphatic rings. The molecule has 0 saturated carbocycles. The van der Waals surface area contributed by atoms with Crippen molar-refractivity contribution in [1.29, 1.82) is 0 Å². The average Bonchev–Trinajstić information content (AvgIpc) is 3.22. The Balaban J connectivity index is 1.65. The van der Waals surface area contributed by atoms with E-state index < -0.39 is 0 Å². The Kier molecular flexibility index (Phi) is 4.32. The second-order valence-corrected chi connectivity index (χ2v) is 5.63. The maximum absolute atomic E-state index is 12.2. The lowest BCUT2D eigenvalue weighted by molar-refractivity contribution is 0.0951. The summed E-state index contributed by atoms with van der Waals surface area (Å²) in [5, 5.41) is 20.9. The minimum absolute atomic E-state index is 0.0327. The number of nitrogens with one attached hydrogen (secondary N) is 2. The topological polar surface area (TPSA) is 114 Å². The molecule has 9 heteroatoms. The third kappa shape index (κ3) is 3.29. The molecule has 124 valence electrons. The number of aryl methyl sites for hydroxylation is 2. The first kappa shape index (κ1) is 15.8. The van der Waals surface area contributed by atoms with Crippen LogP contribution < -0.4 is 5.32 Å². The molecular weight excluding hydrogens is 308 g/mol. The number of pyridine rings is 1. The first-order valence-electron chi connectivity index (χ1n) is 7.56. The lowest BCUT2D eigenvalue weighted by Crippen LogP contribution is -2.28. The maximum atomic E-state index is 12.2. The van der Waals surface area contributed by atoms with Crippen molar-refractivity contribution in [2.75, 3.05) is 6.54 Å². The molecule has 2 N–H and O–H groups in total. The Hall–Kier alpha value is -3.10. The zero-order valence-corrected chi connectivity index (χ0v) is 13.7. The highest BCUT2D eigenvalue weighted by Crippen LogP contribution is 2.11. The van der Waals surface area contributed by atoms with Crippen LogP contribution in [-0.4, -0.2) is 47.8 Å². The van der Waals surface area contributed by atoms with Crippen LogP contribution in [0.1, 0.15) is 40.4 Å². The number of amides is 1. The van der Waals surface area contributed by atoms with E-state index in [1.165, 1.54) is 0 Å². The number of rotatable bonds is 5. The zero-order valence-electron chi connectivity index (χ0n) is 13.7. The quantitative estimate of drug-likeness (QED) is 0.721. The van der Waals surface area contributed by atoms with Crippen LogP contribution in [0.25, 0.3) is 5.82 Å². The number of aromatic amines is 1. The number of tetrazole rings is 1. The molecule has 0 saturated heterocycles. The van der Waals surface area contributed by atoms with Crippen molar-refractivity contribution in [3.63, 3.8) is 0 Å². The molecule has 3 aromatic rings. The van der Waals surface area contributed by atoms with Crippen LogP contribution in [0.2, 0.25) is 0 Å². The Morgan fingerprint density at radius 2 is 2.21 bits per heavy atom. The highest BCUT2D eigenvalue weighted by atomic mass is 16.1. The molecule has 0 aliphatic carbocycles. The Labute approximate surface area is 138 Å². The molecule has 0 spiro atoms. The smallest absolute Gasteiger partial charge is 0.252 e. The van der Waals surface area contributed by atoms with Gasteiger partial charge in [-0.1, -0.05) is 12.1 Å². The summed E-state index contributed by atoms with van der Waals surface area (Å²) in [5.41, 5.74) is 2.40. The van der Waals surface area contributed by atoms with Crippen molar-refractivity contribution >= 4 is 5.91 Å². The highest BCUT2D eigenvalue weighted by molar-refractivity contribution is 5.93. The van der Waals surface area contributed by atoms with Gasteiger partial charge in [0.2, 0.25) is 0 Å². The molecule has 0 aromatic carbocycles. The van der Waals surface area contributed by atoms with E-state index in [-0.39, 0.29) is 11.8 Å². The van der Waals surface area contributed by atoms with Gasteiger partial charge in [-0.15, -0.1) is 10.2 Å². The lowest BCUT2D eigenvalue weighted by atomic mass is 10.1. The van der Waals surface area contributed by atoms with Crippen molar-refractivity contribution < 1.29 is 4.79 Å². The first-order chi connectivity index (χ1) is 11.5. The minimum atomic E-state index is -0.197. The minimum Gasteiger partial charge on any atom is -0.351 e. The summed E-state index contributed by atoms with van der Waals surface area (Å²) < 4.78 is 1.75. The van der Waals surface area contributed by atoms with Gasteiger partial charge in [0.1, 0.15) is 0 Å². The number of carbonyl (C=O) groups excluding carboxylic acids is 1. The SMILES string of the molecule is Cc1cc(C)n(-c2ccc(C(=O)NCC(C)c3nn[nH]n3)cn2)n1. The number of hydrogen-bond donors (Lipinski definition) is 2. The van der Waals surface area contributed by atoms with E-state index in [0.717, 1.165) is 11.4 Å². The molecule has 3 heterocycles. The summed E-state index contributed by atoms with van der Waals surface area (Å²) in [6.07, 6.45) is 1.54. The molecule has 1 unspecified atom stereocenters. The molecule has 1 amide bonds. The molecule has 0 aliphatic heterocycles. The number of H-pyrrole nitrogens is 1. The average molecular weight is 326 g/mol. The van der Waals surface area contributed by atoms with E-state index in [9.17, 15) is 4.79 Å². The van der Waals surface area contributed by atoms with Gasteiger partial charge in [-0.05, 0) is 32.0 Å². The van der Waals surface area contributed by atoms with Crippen molar-refractivity contribution in [2.45, 2.75) is 26.7 Å². The summed E-state index contributed by atoms with van der Waals surface area (Å²) in [6.45, 7) is 6.21. The second kappa shape index (κ2) is 6.57. The fraction of sp³-hybridized carbons (Fsp3) is 0.333. The van der Waals surface area contributed by atoms with Gasteiger partial charge in [0.05, 0.1) is 11.3 Å². The summed E-state index contributed by atoms with van der Waals surface area (Å²) in [5.74, 6) is 1.01. The van der Waals surface area contributed by atoms with Gasteiger partial charge in [-0.3, -0.25) is 4.79 Å². The zero-order chi connectivity index (χ0) is 17.1. The van der Waals surface area contributed by atoms with Gasteiger partial charge in [-0.25, -0.2) is 9.67 Å². The monoisotopic (exact) mass is 326 g/mol. The van der Waals surface area contributed by atoms with E-state index >= 15 is 0 Å². The molecule has 0 fully saturated rings. The third-order valence-corrected chi connectivity index (χ3v) is 3.61. The predicted molar refractivity (Wildman–Crippen MR) is 85.8 cm³/mol. The number of aromatic nitrogens is 7. The number of nitrogens with zero attached hydrogens (tertiary/aromatic N) is 6. The first-order valence-corrected chi connectivity index (χ1v) is 7.56. The van der Waals surface area contributed by atoms with E-state index in [1.807, 2.05) is 26.8 Å². The molecule has 24 heavy (non-hydrogen) atoms. The summed E-state index contributed by atoms with van der Waals surface area (Å²) in [7, 11) is 0. The molecular formula is C15H18N8O. The van der Waals surface area contributed by atoms with Crippen LogP contribution in [0.5, 0.6) is 0 Å². The van der Waals surface area contributed by atoms with Gasteiger partial charge >= 0.3 is 0 Å². The summed E-state index contributed by atoms with van der Waals surface area (Å²) in [4.78, 5) is 16.5. The van der Waals surface area contributed by atoms with Gasteiger partial charge < -0.3 is 5.32 Å². The fourth-order valence-corrected chi connectivity index (χ4v) is 2.32. The molecule has 3 aromatic heterocycles. The molecule has 1 atom stereocenters. The third-order valence-electron chi connectivity index (χ3n) is 3.61. The molecule has 0 radical (unpaired) electrons. The van der Waals surface area contributed by atoms with Crippen molar-refractivity contribution in [3.8, 4) is 5.82 Å². The van der Waals surface area contributed by atoms with Gasteiger partial charge in [0.25, 0.3) is 5.91 Å². The van der Waals surface area contributed by atoms with Crippen LogP contribution in [0.4, 0.5) is 0 Å². The Morgan fingerprint density at radius 1 is 1.38 bits per heavy atom. The standard InChI is InChI=1S/C15H18N8O/c1-9(14-18-21-22-19-14)7-17-15(24)12-4-5-13(16-8-12)23-11(3)6-10(2)20-23/h4-6,8-9H,7H2,1-3H3,(H,17,24)(H,18,19,21,22). The van der Waals surface area contributed by atoms with Crippen molar-refractivity contribution in [1.82, 2.24) is 40.7 Å². The van der Waals surface area contributed by atoms with Crippen LogP contribution in [-0.2, 0) is 0 Å². The molecule has 0 bridgehead atoms. The Morgan fingerprint density at radius 3 is 2.79 bits per heavy atom. The van der Waals surface area contributed by atoms with E-state index in [0.29, 0.717) is 23.8 Å². The Bertz CT molecular complexity index is 822. The van der Waals surface area contributed by atoms with E-state index in [1.54, 1.807) is 23.0 Å². The van der Waals surface area contributed by atoms with Crippen LogP contribution in [0.15, 0.2) is 24.4 Å². The summed E-state index contributed by atoms with van der Waals surface area (Å²) in [6, 6.07) is 5.48. The lowest BCUT2D eigenvalue weighted by Gasteiger charge is -2.09.